The van der Waals surface area contributed by atoms with Gasteiger partial charge in [-0.15, -0.1) is 0 Å². The third-order valence-electron chi connectivity index (χ3n) is 5.40. The van der Waals surface area contributed by atoms with E-state index >= 15 is 0 Å². The third kappa shape index (κ3) is 5.12. The number of benzene rings is 2. The first-order valence-corrected chi connectivity index (χ1v) is 9.84. The lowest BCUT2D eigenvalue weighted by Crippen LogP contribution is -2.33. The van der Waals surface area contributed by atoms with Gasteiger partial charge in [-0.1, -0.05) is 77.1 Å². The van der Waals surface area contributed by atoms with Crippen molar-refractivity contribution in [3.05, 3.63) is 59.2 Å². The molecule has 0 aliphatic carbocycles. The van der Waals surface area contributed by atoms with Crippen LogP contribution in [0.1, 0.15) is 63.6 Å². The SMILES string of the molecule is CCC(C)c1ccc(CN(C)C(N)=NC)c(-c2ccc(C(C)(C)C)cc2)c1. The highest BCUT2D eigenvalue weighted by Crippen LogP contribution is 2.31. The first kappa shape index (κ1) is 21.0. The maximum Gasteiger partial charge on any atom is 0.191 e. The van der Waals surface area contributed by atoms with Gasteiger partial charge in [-0.3, -0.25) is 4.99 Å². The lowest BCUT2D eigenvalue weighted by atomic mass is 9.85. The van der Waals surface area contributed by atoms with Crippen molar-refractivity contribution in [3.8, 4) is 11.1 Å². The van der Waals surface area contributed by atoms with Gasteiger partial charge >= 0.3 is 0 Å². The van der Waals surface area contributed by atoms with Crippen LogP contribution < -0.4 is 5.73 Å². The minimum absolute atomic E-state index is 0.159. The fraction of sp³-hybridized carbons (Fsp3) is 0.458. The second-order valence-electron chi connectivity index (χ2n) is 8.49. The van der Waals surface area contributed by atoms with E-state index in [1.54, 1.807) is 7.05 Å². The molecule has 0 aliphatic heterocycles. The molecule has 0 fully saturated rings. The quantitative estimate of drug-likeness (QED) is 0.558. The summed E-state index contributed by atoms with van der Waals surface area (Å²) >= 11 is 0. The minimum Gasteiger partial charge on any atom is -0.370 e. The van der Waals surface area contributed by atoms with Gasteiger partial charge in [0.2, 0.25) is 0 Å². The van der Waals surface area contributed by atoms with Crippen molar-refractivity contribution in [2.75, 3.05) is 14.1 Å². The zero-order valence-electron chi connectivity index (χ0n) is 18.0. The Morgan fingerprint density at radius 3 is 2.26 bits per heavy atom. The molecule has 2 N–H and O–H groups in total. The van der Waals surface area contributed by atoms with Crippen molar-refractivity contribution < 1.29 is 0 Å². The summed E-state index contributed by atoms with van der Waals surface area (Å²) in [6.45, 7) is 12.0. The summed E-state index contributed by atoms with van der Waals surface area (Å²) in [6.07, 6.45) is 1.14. The van der Waals surface area contributed by atoms with Gasteiger partial charge in [0.25, 0.3) is 0 Å². The molecular weight excluding hydrogens is 330 g/mol. The van der Waals surface area contributed by atoms with Gasteiger partial charge in [-0.25, -0.2) is 0 Å². The number of hydrogen-bond donors (Lipinski definition) is 1. The van der Waals surface area contributed by atoms with Crippen LogP contribution in [0, 0.1) is 0 Å². The molecule has 0 aromatic heterocycles. The van der Waals surface area contributed by atoms with Crippen LogP contribution in [-0.2, 0) is 12.0 Å². The standard InChI is InChI=1S/C24H35N3/c1-8-17(2)19-9-10-20(16-27(7)23(25)26-6)22(15-19)18-11-13-21(14-12-18)24(3,4)5/h9-15,17H,8,16H2,1-7H3,(H2,25,26). The molecule has 0 radical (unpaired) electrons. The Balaban J connectivity index is 2.49. The molecule has 0 amide bonds. The van der Waals surface area contributed by atoms with Crippen LogP contribution in [0.15, 0.2) is 47.5 Å². The summed E-state index contributed by atoms with van der Waals surface area (Å²) in [5.41, 5.74) is 12.7. The number of nitrogens with zero attached hydrogens (tertiary/aromatic N) is 2. The van der Waals surface area contributed by atoms with Crippen LogP contribution >= 0.6 is 0 Å². The molecule has 146 valence electrons. The van der Waals surface area contributed by atoms with E-state index in [4.69, 9.17) is 5.73 Å². The molecule has 0 bridgehead atoms. The maximum atomic E-state index is 6.00. The molecule has 0 saturated heterocycles. The van der Waals surface area contributed by atoms with Crippen LogP contribution in [0.4, 0.5) is 0 Å². The summed E-state index contributed by atoms with van der Waals surface area (Å²) in [5, 5.41) is 0. The summed E-state index contributed by atoms with van der Waals surface area (Å²) < 4.78 is 0. The number of rotatable bonds is 5. The molecule has 3 heteroatoms. The van der Waals surface area contributed by atoms with Crippen molar-refractivity contribution in [1.29, 1.82) is 0 Å². The molecule has 0 heterocycles. The van der Waals surface area contributed by atoms with Crippen LogP contribution in [0.5, 0.6) is 0 Å². The highest BCUT2D eigenvalue weighted by molar-refractivity contribution is 5.78. The van der Waals surface area contributed by atoms with Gasteiger partial charge in [-0.05, 0) is 45.6 Å². The molecule has 2 aromatic carbocycles. The van der Waals surface area contributed by atoms with Crippen LogP contribution in [0.3, 0.4) is 0 Å². The highest BCUT2D eigenvalue weighted by atomic mass is 15.2. The Labute approximate surface area is 165 Å². The van der Waals surface area contributed by atoms with Crippen molar-refractivity contribution in [3.63, 3.8) is 0 Å². The summed E-state index contributed by atoms with van der Waals surface area (Å²) in [5.74, 6) is 1.10. The molecule has 2 rings (SSSR count). The van der Waals surface area contributed by atoms with E-state index in [-0.39, 0.29) is 5.41 Å². The fourth-order valence-corrected chi connectivity index (χ4v) is 3.20. The van der Waals surface area contributed by atoms with E-state index in [9.17, 15) is 0 Å². The molecule has 3 nitrogen and oxygen atoms in total. The maximum absolute atomic E-state index is 6.00. The third-order valence-corrected chi connectivity index (χ3v) is 5.40. The molecular formula is C24H35N3. The van der Waals surface area contributed by atoms with Gasteiger partial charge < -0.3 is 10.6 Å². The molecule has 27 heavy (non-hydrogen) atoms. The van der Waals surface area contributed by atoms with E-state index < -0.39 is 0 Å². The average molecular weight is 366 g/mol. The van der Waals surface area contributed by atoms with E-state index in [1.807, 2.05) is 11.9 Å². The van der Waals surface area contributed by atoms with Crippen molar-refractivity contribution >= 4 is 5.96 Å². The number of hydrogen-bond acceptors (Lipinski definition) is 1. The van der Waals surface area contributed by atoms with Gasteiger partial charge in [0, 0.05) is 20.6 Å². The fourth-order valence-electron chi connectivity index (χ4n) is 3.20. The zero-order valence-corrected chi connectivity index (χ0v) is 18.0. The van der Waals surface area contributed by atoms with E-state index in [2.05, 4.69) is 82.1 Å². The Morgan fingerprint density at radius 2 is 1.74 bits per heavy atom. The van der Waals surface area contributed by atoms with E-state index in [0.717, 1.165) is 13.0 Å². The van der Waals surface area contributed by atoms with Crippen LogP contribution in [0.2, 0.25) is 0 Å². The summed E-state index contributed by atoms with van der Waals surface area (Å²) in [4.78, 5) is 6.10. The Bertz CT molecular complexity index is 782. The lowest BCUT2D eigenvalue weighted by Gasteiger charge is -2.22. The van der Waals surface area contributed by atoms with Crippen LogP contribution in [0.25, 0.3) is 11.1 Å². The Morgan fingerprint density at radius 1 is 1.11 bits per heavy atom. The largest absolute Gasteiger partial charge is 0.370 e. The predicted molar refractivity (Wildman–Crippen MR) is 118 cm³/mol. The molecule has 1 atom stereocenters. The Hall–Kier alpha value is -2.29. The van der Waals surface area contributed by atoms with Gasteiger partial charge in [0.1, 0.15) is 0 Å². The van der Waals surface area contributed by atoms with E-state index in [1.165, 1.54) is 27.8 Å². The molecule has 2 aromatic rings. The lowest BCUT2D eigenvalue weighted by molar-refractivity contribution is 0.494. The van der Waals surface area contributed by atoms with Gasteiger partial charge in [0.15, 0.2) is 5.96 Å². The van der Waals surface area contributed by atoms with E-state index in [0.29, 0.717) is 11.9 Å². The first-order valence-electron chi connectivity index (χ1n) is 9.84. The molecule has 1 unspecified atom stereocenters. The second-order valence-corrected chi connectivity index (χ2v) is 8.49. The zero-order chi connectivity index (χ0) is 20.2. The van der Waals surface area contributed by atoms with Crippen LogP contribution in [-0.4, -0.2) is 25.0 Å². The molecule has 0 saturated carbocycles. The van der Waals surface area contributed by atoms with Gasteiger partial charge in [0.05, 0.1) is 0 Å². The molecule has 0 spiro atoms. The summed E-state index contributed by atoms with van der Waals surface area (Å²) in [7, 11) is 3.71. The van der Waals surface area contributed by atoms with Crippen molar-refractivity contribution in [2.45, 2.75) is 58.9 Å². The van der Waals surface area contributed by atoms with Gasteiger partial charge in [-0.2, -0.15) is 0 Å². The topological polar surface area (TPSA) is 41.6 Å². The predicted octanol–water partition coefficient (Wildman–Crippen LogP) is 5.54. The normalized spacial score (nSPS) is 13.5. The van der Waals surface area contributed by atoms with Crippen molar-refractivity contribution in [2.24, 2.45) is 10.7 Å². The minimum atomic E-state index is 0.159. The second kappa shape index (κ2) is 8.60. The monoisotopic (exact) mass is 365 g/mol. The highest BCUT2D eigenvalue weighted by Gasteiger charge is 2.15. The summed E-state index contributed by atoms with van der Waals surface area (Å²) in [6, 6.07) is 15.8. The van der Waals surface area contributed by atoms with Crippen molar-refractivity contribution in [1.82, 2.24) is 4.90 Å². The smallest absolute Gasteiger partial charge is 0.191 e. The molecule has 0 aliphatic rings. The number of nitrogens with two attached hydrogens (primary N) is 1. The first-order chi connectivity index (χ1) is 12.7. The number of aliphatic imine (C=N–C) groups is 1. The Kier molecular flexibility index (Phi) is 6.69. The number of guanidine groups is 1. The average Bonchev–Trinajstić information content (AvgIpc) is 2.66.